The molecule has 0 bridgehead atoms. The highest BCUT2D eigenvalue weighted by Crippen LogP contribution is 2.23. The van der Waals surface area contributed by atoms with E-state index in [4.69, 9.17) is 11.6 Å². The first-order chi connectivity index (χ1) is 12.5. The molecule has 26 heavy (non-hydrogen) atoms. The molecule has 3 rings (SSSR count). The van der Waals surface area contributed by atoms with Crippen LogP contribution in [0.25, 0.3) is 0 Å². The maximum Gasteiger partial charge on any atom is 0.313 e. The van der Waals surface area contributed by atoms with Crippen LogP contribution in [0.1, 0.15) is 18.4 Å². The zero-order chi connectivity index (χ0) is 18.5. The molecule has 0 aromatic heterocycles. The normalized spacial score (nSPS) is 13.6. The molecule has 2 aromatic carbocycles. The van der Waals surface area contributed by atoms with Gasteiger partial charge in [-0.15, -0.1) is 0 Å². The Bertz CT molecular complexity index is 836. The van der Waals surface area contributed by atoms with Gasteiger partial charge in [0.2, 0.25) is 5.91 Å². The largest absolute Gasteiger partial charge is 0.344 e. The van der Waals surface area contributed by atoms with Crippen molar-refractivity contribution in [2.45, 2.75) is 19.4 Å². The number of halogens is 1. The third-order valence-corrected chi connectivity index (χ3v) is 4.48. The Kier molecular flexibility index (Phi) is 5.53. The average molecular weight is 372 g/mol. The number of carbonyl (C=O) groups excluding carboxylic acids is 3. The molecule has 0 spiro atoms. The number of amides is 3. The second-order valence-corrected chi connectivity index (χ2v) is 6.33. The Balaban J connectivity index is 1.54. The SMILES string of the molecule is O=C(NCc1ccccc1Cl)C(=O)Nc1ccc(N2CCCC2=O)cc1. The summed E-state index contributed by atoms with van der Waals surface area (Å²) in [7, 11) is 0. The number of nitrogens with zero attached hydrogens (tertiary/aromatic N) is 1. The summed E-state index contributed by atoms with van der Waals surface area (Å²) >= 11 is 6.02. The van der Waals surface area contributed by atoms with Crippen molar-refractivity contribution in [3.8, 4) is 0 Å². The summed E-state index contributed by atoms with van der Waals surface area (Å²) in [5.74, 6) is -1.41. The lowest BCUT2D eigenvalue weighted by Crippen LogP contribution is -2.35. The van der Waals surface area contributed by atoms with E-state index in [1.54, 1.807) is 53.4 Å². The van der Waals surface area contributed by atoms with Gasteiger partial charge in [-0.3, -0.25) is 14.4 Å². The second kappa shape index (κ2) is 8.01. The van der Waals surface area contributed by atoms with Crippen molar-refractivity contribution in [1.82, 2.24) is 5.32 Å². The summed E-state index contributed by atoms with van der Waals surface area (Å²) in [4.78, 5) is 37.4. The van der Waals surface area contributed by atoms with E-state index < -0.39 is 11.8 Å². The van der Waals surface area contributed by atoms with E-state index in [9.17, 15) is 14.4 Å². The molecular weight excluding hydrogens is 354 g/mol. The number of hydrogen-bond acceptors (Lipinski definition) is 3. The van der Waals surface area contributed by atoms with Gasteiger partial charge in [-0.25, -0.2) is 0 Å². The van der Waals surface area contributed by atoms with Crippen molar-refractivity contribution in [1.29, 1.82) is 0 Å². The zero-order valence-corrected chi connectivity index (χ0v) is 14.8. The van der Waals surface area contributed by atoms with Crippen molar-refractivity contribution in [2.75, 3.05) is 16.8 Å². The Morgan fingerprint density at radius 3 is 2.42 bits per heavy atom. The lowest BCUT2D eigenvalue weighted by Gasteiger charge is -2.16. The first-order valence-corrected chi connectivity index (χ1v) is 8.65. The van der Waals surface area contributed by atoms with Crippen LogP contribution in [0.15, 0.2) is 48.5 Å². The summed E-state index contributed by atoms with van der Waals surface area (Å²) < 4.78 is 0. The van der Waals surface area contributed by atoms with Gasteiger partial charge in [0.1, 0.15) is 0 Å². The Morgan fingerprint density at radius 1 is 1.04 bits per heavy atom. The molecule has 1 aliphatic heterocycles. The molecule has 7 heteroatoms. The fourth-order valence-electron chi connectivity index (χ4n) is 2.73. The smallest absolute Gasteiger partial charge is 0.313 e. The van der Waals surface area contributed by atoms with Crippen LogP contribution >= 0.6 is 11.6 Å². The standard InChI is InChI=1S/C19H18ClN3O3/c20-16-5-2-1-4-13(16)12-21-18(25)19(26)22-14-7-9-15(10-8-14)23-11-3-6-17(23)24/h1-2,4-5,7-10H,3,6,11-12H2,(H,21,25)(H,22,26). The third-order valence-electron chi connectivity index (χ3n) is 4.11. The number of nitrogens with one attached hydrogen (secondary N) is 2. The van der Waals surface area contributed by atoms with Gasteiger partial charge in [-0.1, -0.05) is 29.8 Å². The van der Waals surface area contributed by atoms with Gasteiger partial charge in [0.25, 0.3) is 0 Å². The molecule has 0 aliphatic carbocycles. The van der Waals surface area contributed by atoms with Gasteiger partial charge < -0.3 is 15.5 Å². The predicted molar refractivity (Wildman–Crippen MR) is 100.0 cm³/mol. The number of benzene rings is 2. The van der Waals surface area contributed by atoms with Crippen LogP contribution in [0, 0.1) is 0 Å². The Morgan fingerprint density at radius 2 is 1.77 bits per heavy atom. The molecule has 1 aliphatic rings. The van der Waals surface area contributed by atoms with Gasteiger partial charge in [0.05, 0.1) is 0 Å². The van der Waals surface area contributed by atoms with E-state index >= 15 is 0 Å². The van der Waals surface area contributed by atoms with Gasteiger partial charge in [-0.05, 0) is 42.3 Å². The fraction of sp³-hybridized carbons (Fsp3) is 0.211. The molecule has 1 saturated heterocycles. The van der Waals surface area contributed by atoms with E-state index in [-0.39, 0.29) is 12.5 Å². The molecule has 0 radical (unpaired) electrons. The summed E-state index contributed by atoms with van der Waals surface area (Å²) in [5, 5.41) is 5.60. The van der Waals surface area contributed by atoms with E-state index in [0.29, 0.717) is 23.7 Å². The minimum atomic E-state index is -0.762. The molecule has 0 saturated carbocycles. The van der Waals surface area contributed by atoms with Crippen molar-refractivity contribution in [2.24, 2.45) is 0 Å². The first kappa shape index (κ1) is 17.9. The lowest BCUT2D eigenvalue weighted by atomic mass is 10.2. The quantitative estimate of drug-likeness (QED) is 0.811. The van der Waals surface area contributed by atoms with Crippen molar-refractivity contribution >= 4 is 40.7 Å². The van der Waals surface area contributed by atoms with Crippen LogP contribution < -0.4 is 15.5 Å². The van der Waals surface area contributed by atoms with Gasteiger partial charge in [0.15, 0.2) is 0 Å². The number of rotatable bonds is 4. The van der Waals surface area contributed by atoms with Crippen molar-refractivity contribution in [3.63, 3.8) is 0 Å². The van der Waals surface area contributed by atoms with Crippen LogP contribution in [0.4, 0.5) is 11.4 Å². The molecule has 3 amide bonds. The topological polar surface area (TPSA) is 78.5 Å². The van der Waals surface area contributed by atoms with Crippen LogP contribution in [0.2, 0.25) is 5.02 Å². The zero-order valence-electron chi connectivity index (χ0n) is 14.0. The Labute approximate surface area is 156 Å². The summed E-state index contributed by atoms with van der Waals surface area (Å²) in [6.07, 6.45) is 1.41. The molecule has 0 unspecified atom stereocenters. The minimum absolute atomic E-state index is 0.0979. The van der Waals surface area contributed by atoms with Crippen molar-refractivity contribution in [3.05, 3.63) is 59.1 Å². The monoisotopic (exact) mass is 371 g/mol. The van der Waals surface area contributed by atoms with E-state index in [1.165, 1.54) is 0 Å². The van der Waals surface area contributed by atoms with Crippen LogP contribution in [0.5, 0.6) is 0 Å². The highest BCUT2D eigenvalue weighted by Gasteiger charge is 2.21. The van der Waals surface area contributed by atoms with E-state index in [0.717, 1.165) is 17.7 Å². The fourth-order valence-corrected chi connectivity index (χ4v) is 2.93. The molecule has 0 atom stereocenters. The van der Waals surface area contributed by atoms with Crippen molar-refractivity contribution < 1.29 is 14.4 Å². The molecule has 1 fully saturated rings. The maximum absolute atomic E-state index is 12.0. The molecular formula is C19H18ClN3O3. The molecule has 134 valence electrons. The lowest BCUT2D eigenvalue weighted by molar-refractivity contribution is -0.136. The number of carbonyl (C=O) groups is 3. The molecule has 1 heterocycles. The van der Waals surface area contributed by atoms with Gasteiger partial charge >= 0.3 is 11.8 Å². The van der Waals surface area contributed by atoms with Crippen LogP contribution in [0.3, 0.4) is 0 Å². The van der Waals surface area contributed by atoms with Gasteiger partial charge in [0, 0.05) is 35.9 Å². The van der Waals surface area contributed by atoms with Gasteiger partial charge in [-0.2, -0.15) is 0 Å². The highest BCUT2D eigenvalue weighted by atomic mass is 35.5. The highest BCUT2D eigenvalue weighted by molar-refractivity contribution is 6.39. The van der Waals surface area contributed by atoms with Crippen LogP contribution in [-0.4, -0.2) is 24.3 Å². The maximum atomic E-state index is 12.0. The molecule has 2 aromatic rings. The summed E-state index contributed by atoms with van der Waals surface area (Å²) in [6, 6.07) is 13.9. The second-order valence-electron chi connectivity index (χ2n) is 5.92. The summed E-state index contributed by atoms with van der Waals surface area (Å²) in [5.41, 5.74) is 2.00. The minimum Gasteiger partial charge on any atom is -0.344 e. The Hall–Kier alpha value is -2.86. The predicted octanol–water partition coefficient (Wildman–Crippen LogP) is 2.72. The number of anilines is 2. The van der Waals surface area contributed by atoms with E-state index in [2.05, 4.69) is 10.6 Å². The molecule has 2 N–H and O–H groups in total. The number of hydrogen-bond donors (Lipinski definition) is 2. The average Bonchev–Trinajstić information content (AvgIpc) is 3.07. The summed E-state index contributed by atoms with van der Waals surface area (Å²) in [6.45, 7) is 0.872. The van der Waals surface area contributed by atoms with E-state index in [1.807, 2.05) is 0 Å². The van der Waals surface area contributed by atoms with Crippen LogP contribution in [-0.2, 0) is 20.9 Å². The first-order valence-electron chi connectivity index (χ1n) is 8.27. The molecule has 6 nitrogen and oxygen atoms in total. The third kappa shape index (κ3) is 4.21.